The molecule has 0 amide bonds. The van der Waals surface area contributed by atoms with Crippen molar-refractivity contribution in [1.29, 1.82) is 0 Å². The lowest BCUT2D eigenvalue weighted by Gasteiger charge is -2.38. The lowest BCUT2D eigenvalue weighted by atomic mass is 9.99. The molecule has 1 aliphatic heterocycles. The molecule has 0 aromatic carbocycles. The summed E-state index contributed by atoms with van der Waals surface area (Å²) < 4.78 is 10.6. The smallest absolute Gasteiger partial charge is 0.184 e. The van der Waals surface area contributed by atoms with Gasteiger partial charge in [-0.2, -0.15) is 0 Å². The van der Waals surface area contributed by atoms with Crippen molar-refractivity contribution in [3.63, 3.8) is 0 Å². The van der Waals surface area contributed by atoms with Gasteiger partial charge in [-0.3, -0.25) is 0 Å². The second-order valence-corrected chi connectivity index (χ2v) is 8.92. The van der Waals surface area contributed by atoms with Crippen molar-refractivity contribution >= 4 is 0 Å². The van der Waals surface area contributed by atoms with Crippen LogP contribution in [0.4, 0.5) is 0 Å². The highest BCUT2D eigenvalue weighted by atomic mass is 16.6. The number of rotatable bonds is 19. The molecule has 180 valence electrons. The van der Waals surface area contributed by atoms with Crippen LogP contribution in [0.25, 0.3) is 0 Å². The summed E-state index contributed by atoms with van der Waals surface area (Å²) in [6.45, 7) is 2.94. The Kier molecular flexibility index (Phi) is 17.0. The third-order valence-corrected chi connectivity index (χ3v) is 6.11. The molecule has 0 spiro atoms. The maximum absolute atomic E-state index is 9.84. The Balaban J connectivity index is 1.80. The van der Waals surface area contributed by atoms with Crippen molar-refractivity contribution in [1.82, 2.24) is 0 Å². The minimum absolute atomic E-state index is 0.0980. The number of ether oxygens (including phenoxy) is 2. The molecule has 1 aliphatic rings. The van der Waals surface area contributed by atoms with Gasteiger partial charge in [0.2, 0.25) is 0 Å². The molecule has 30 heavy (non-hydrogen) atoms. The van der Waals surface area contributed by atoms with Crippen LogP contribution in [-0.2, 0) is 9.47 Å². The van der Waals surface area contributed by atoms with Crippen LogP contribution >= 0.6 is 0 Å². The van der Waals surface area contributed by atoms with E-state index in [0.717, 1.165) is 12.8 Å². The highest BCUT2D eigenvalue weighted by Gasteiger charge is 2.42. The average molecular weight is 433 g/mol. The molecular weight excluding hydrogens is 384 g/mol. The minimum atomic E-state index is -1.49. The SMILES string of the molecule is CCCCCCCCCCCCCCCCCCOC[C@H]1O[C@H](O)[C@H](O)[C@@H](O)[C@H]1O. The molecule has 1 saturated heterocycles. The first-order valence-electron chi connectivity index (χ1n) is 12.5. The van der Waals surface area contributed by atoms with Gasteiger partial charge in [-0.05, 0) is 6.42 Å². The molecule has 0 bridgehead atoms. The summed E-state index contributed by atoms with van der Waals surface area (Å²) >= 11 is 0. The molecule has 0 radical (unpaired) electrons. The van der Waals surface area contributed by atoms with E-state index in [2.05, 4.69) is 6.92 Å². The van der Waals surface area contributed by atoms with Gasteiger partial charge >= 0.3 is 0 Å². The largest absolute Gasteiger partial charge is 0.387 e. The van der Waals surface area contributed by atoms with Crippen LogP contribution in [-0.4, -0.2) is 64.3 Å². The van der Waals surface area contributed by atoms with Crippen LogP contribution in [0.5, 0.6) is 0 Å². The fourth-order valence-corrected chi connectivity index (χ4v) is 4.02. The maximum atomic E-state index is 9.84. The lowest BCUT2D eigenvalue weighted by Crippen LogP contribution is -2.58. The van der Waals surface area contributed by atoms with E-state index in [1.54, 1.807) is 0 Å². The number of aliphatic hydroxyl groups is 4. The first-order valence-corrected chi connectivity index (χ1v) is 12.5. The molecular formula is C24H48O6. The fraction of sp³-hybridized carbons (Fsp3) is 1.00. The molecule has 6 nitrogen and oxygen atoms in total. The molecule has 0 aromatic rings. The Hall–Kier alpha value is -0.240. The van der Waals surface area contributed by atoms with E-state index in [-0.39, 0.29) is 6.61 Å². The Morgan fingerprint density at radius 2 is 1.00 bits per heavy atom. The molecule has 1 fully saturated rings. The van der Waals surface area contributed by atoms with Crippen molar-refractivity contribution in [2.75, 3.05) is 13.2 Å². The van der Waals surface area contributed by atoms with Gasteiger partial charge in [0.15, 0.2) is 6.29 Å². The van der Waals surface area contributed by atoms with Crippen molar-refractivity contribution in [3.8, 4) is 0 Å². The van der Waals surface area contributed by atoms with Gasteiger partial charge in [0.25, 0.3) is 0 Å². The summed E-state index contributed by atoms with van der Waals surface area (Å²) in [6.07, 6.45) is 14.7. The second-order valence-electron chi connectivity index (χ2n) is 8.92. The molecule has 6 heteroatoms. The average Bonchev–Trinajstić information content (AvgIpc) is 2.74. The van der Waals surface area contributed by atoms with Gasteiger partial charge in [0, 0.05) is 6.61 Å². The zero-order valence-electron chi connectivity index (χ0n) is 19.2. The molecule has 1 rings (SSSR count). The number of aliphatic hydroxyl groups excluding tert-OH is 4. The highest BCUT2D eigenvalue weighted by molar-refractivity contribution is 4.88. The standard InChI is InChI=1S/C24H48O6/c1-2-3-4-5-6-7-8-9-10-11-12-13-14-15-16-17-18-29-19-20-21(25)22(26)23(27)24(28)30-20/h20-28H,2-19H2,1H3/t20-,21+,22+,23-,24+/m1/s1. The Morgan fingerprint density at radius 3 is 1.47 bits per heavy atom. The van der Waals surface area contributed by atoms with Crippen molar-refractivity contribution in [3.05, 3.63) is 0 Å². The molecule has 0 aliphatic carbocycles. The number of hydrogen-bond acceptors (Lipinski definition) is 6. The van der Waals surface area contributed by atoms with E-state index in [4.69, 9.17) is 9.47 Å². The summed E-state index contributed by atoms with van der Waals surface area (Å²) in [6, 6.07) is 0. The van der Waals surface area contributed by atoms with Crippen LogP contribution in [0.15, 0.2) is 0 Å². The summed E-state index contributed by atoms with van der Waals surface area (Å²) in [5, 5.41) is 38.4. The fourth-order valence-electron chi connectivity index (χ4n) is 4.02. The normalized spacial score (nSPS) is 26.9. The zero-order valence-corrected chi connectivity index (χ0v) is 19.2. The second kappa shape index (κ2) is 18.3. The van der Waals surface area contributed by atoms with E-state index < -0.39 is 30.7 Å². The van der Waals surface area contributed by atoms with Gasteiger partial charge in [0.1, 0.15) is 24.4 Å². The molecule has 0 unspecified atom stereocenters. The predicted octanol–water partition coefficient (Wildman–Crippen LogP) is 4.06. The summed E-state index contributed by atoms with van der Waals surface area (Å²) in [5.74, 6) is 0. The Morgan fingerprint density at radius 1 is 0.567 bits per heavy atom. The van der Waals surface area contributed by atoms with Crippen LogP contribution in [0.1, 0.15) is 110 Å². The first kappa shape index (κ1) is 27.8. The van der Waals surface area contributed by atoms with Gasteiger partial charge in [-0.1, -0.05) is 103 Å². The molecule has 0 aromatic heterocycles. The predicted molar refractivity (Wildman–Crippen MR) is 119 cm³/mol. The summed E-state index contributed by atoms with van der Waals surface area (Å²) in [7, 11) is 0. The van der Waals surface area contributed by atoms with Gasteiger partial charge in [-0.25, -0.2) is 0 Å². The Bertz CT molecular complexity index is 381. The van der Waals surface area contributed by atoms with E-state index in [0.29, 0.717) is 6.61 Å². The maximum Gasteiger partial charge on any atom is 0.184 e. The van der Waals surface area contributed by atoms with Crippen LogP contribution in [0.3, 0.4) is 0 Å². The highest BCUT2D eigenvalue weighted by Crippen LogP contribution is 2.20. The minimum Gasteiger partial charge on any atom is -0.387 e. The summed E-state index contributed by atoms with van der Waals surface area (Å²) in [4.78, 5) is 0. The first-order chi connectivity index (χ1) is 14.6. The lowest BCUT2D eigenvalue weighted by molar-refractivity contribution is -0.288. The molecule has 0 saturated carbocycles. The number of unbranched alkanes of at least 4 members (excludes halogenated alkanes) is 15. The third kappa shape index (κ3) is 12.6. The van der Waals surface area contributed by atoms with Crippen LogP contribution in [0.2, 0.25) is 0 Å². The van der Waals surface area contributed by atoms with E-state index in [1.165, 1.54) is 89.9 Å². The molecule has 4 N–H and O–H groups in total. The van der Waals surface area contributed by atoms with Crippen molar-refractivity contribution in [2.24, 2.45) is 0 Å². The van der Waals surface area contributed by atoms with Crippen molar-refractivity contribution in [2.45, 2.75) is 140 Å². The van der Waals surface area contributed by atoms with E-state index in [1.807, 2.05) is 0 Å². The summed E-state index contributed by atoms with van der Waals surface area (Å²) in [5.41, 5.74) is 0. The molecule has 5 atom stereocenters. The van der Waals surface area contributed by atoms with Crippen LogP contribution < -0.4 is 0 Å². The number of hydrogen-bond donors (Lipinski definition) is 4. The van der Waals surface area contributed by atoms with Gasteiger partial charge in [0.05, 0.1) is 6.61 Å². The van der Waals surface area contributed by atoms with Crippen LogP contribution in [0, 0.1) is 0 Å². The van der Waals surface area contributed by atoms with E-state index >= 15 is 0 Å². The monoisotopic (exact) mass is 432 g/mol. The third-order valence-electron chi connectivity index (χ3n) is 6.11. The topological polar surface area (TPSA) is 99.4 Å². The van der Waals surface area contributed by atoms with Gasteiger partial charge in [-0.15, -0.1) is 0 Å². The van der Waals surface area contributed by atoms with Gasteiger partial charge < -0.3 is 29.9 Å². The van der Waals surface area contributed by atoms with E-state index in [9.17, 15) is 20.4 Å². The zero-order chi connectivity index (χ0) is 22.0. The molecule has 1 heterocycles. The quantitative estimate of drug-likeness (QED) is 0.230. The Labute approximate surface area is 184 Å². The van der Waals surface area contributed by atoms with Crippen molar-refractivity contribution < 1.29 is 29.9 Å².